The third kappa shape index (κ3) is 2.32. The zero-order valence-electron chi connectivity index (χ0n) is 8.21. The molecule has 0 saturated heterocycles. The molecule has 0 N–H and O–H groups in total. The van der Waals surface area contributed by atoms with Crippen LogP contribution in [0.15, 0.2) is 24.3 Å². The van der Waals surface area contributed by atoms with Crippen LogP contribution in [0.5, 0.6) is 0 Å². The summed E-state index contributed by atoms with van der Waals surface area (Å²) in [4.78, 5) is 0. The van der Waals surface area contributed by atoms with Gasteiger partial charge in [-0.1, -0.05) is 24.3 Å². The van der Waals surface area contributed by atoms with Gasteiger partial charge in [0.05, 0.1) is 0 Å². The Balaban J connectivity index is 2.60. The smallest absolute Gasteiger partial charge is 0.197 e. The van der Waals surface area contributed by atoms with Gasteiger partial charge in [-0.15, -0.1) is 0 Å². The van der Waals surface area contributed by atoms with Crippen molar-refractivity contribution in [1.82, 2.24) is 0 Å². The Bertz CT molecular complexity index is 182. The molecule has 0 radical (unpaired) electrons. The Hall–Kier alpha value is -0.343. The molecule has 1 aliphatic carbocycles. The van der Waals surface area contributed by atoms with E-state index in [1.165, 1.54) is 0 Å². The highest BCUT2D eigenvalue weighted by Crippen LogP contribution is 2.28. The van der Waals surface area contributed by atoms with E-state index in [1.54, 1.807) is 0 Å². The minimum absolute atomic E-state index is 0.575. The van der Waals surface area contributed by atoms with Crippen molar-refractivity contribution in [3.8, 4) is 0 Å². The summed E-state index contributed by atoms with van der Waals surface area (Å²) in [5.74, 6) is 0. The van der Waals surface area contributed by atoms with Gasteiger partial charge >= 0.3 is 0 Å². The second-order valence-electron chi connectivity index (χ2n) is 3.65. The average Bonchev–Trinajstić information content (AvgIpc) is 2.06. The molecule has 12 heavy (non-hydrogen) atoms. The van der Waals surface area contributed by atoms with Crippen molar-refractivity contribution in [3.63, 3.8) is 0 Å². The van der Waals surface area contributed by atoms with Crippen LogP contribution in [0.4, 0.5) is 0 Å². The van der Waals surface area contributed by atoms with Crippen molar-refractivity contribution in [2.75, 3.05) is 6.61 Å². The van der Waals surface area contributed by atoms with E-state index < -0.39 is 8.32 Å². The van der Waals surface area contributed by atoms with Crippen molar-refractivity contribution in [3.05, 3.63) is 24.3 Å². The van der Waals surface area contributed by atoms with Gasteiger partial charge in [-0.05, 0) is 26.4 Å². The zero-order chi connectivity index (χ0) is 9.03. The second kappa shape index (κ2) is 4.05. The first-order valence-corrected chi connectivity index (χ1v) is 7.62. The summed E-state index contributed by atoms with van der Waals surface area (Å²) in [5, 5.41) is 0. The molecule has 0 heterocycles. The van der Waals surface area contributed by atoms with Gasteiger partial charge in [-0.2, -0.15) is 0 Å². The lowest BCUT2D eigenvalue weighted by atomic mass is 10.2. The van der Waals surface area contributed by atoms with E-state index in [0.29, 0.717) is 5.54 Å². The van der Waals surface area contributed by atoms with E-state index in [0.717, 1.165) is 13.0 Å². The van der Waals surface area contributed by atoms with Gasteiger partial charge in [0, 0.05) is 12.1 Å². The van der Waals surface area contributed by atoms with Crippen LogP contribution in [0.2, 0.25) is 18.6 Å². The molecule has 0 saturated carbocycles. The lowest BCUT2D eigenvalue weighted by Crippen LogP contribution is -2.35. The second-order valence-corrected chi connectivity index (χ2v) is 7.82. The highest BCUT2D eigenvalue weighted by molar-refractivity contribution is 6.73. The minimum Gasteiger partial charge on any atom is -0.417 e. The number of rotatable bonds is 3. The molecular weight excluding hydrogens is 164 g/mol. The maximum atomic E-state index is 5.81. The molecule has 0 bridgehead atoms. The maximum Gasteiger partial charge on any atom is 0.197 e. The van der Waals surface area contributed by atoms with Crippen LogP contribution in [0.1, 0.15) is 13.3 Å². The van der Waals surface area contributed by atoms with E-state index in [9.17, 15) is 0 Å². The minimum atomic E-state index is -1.48. The molecule has 1 rings (SSSR count). The highest BCUT2D eigenvalue weighted by atomic mass is 28.4. The predicted octanol–water partition coefficient (Wildman–Crippen LogP) is 3.11. The van der Waals surface area contributed by atoms with Crippen molar-refractivity contribution < 1.29 is 4.43 Å². The average molecular weight is 182 g/mol. The fourth-order valence-corrected chi connectivity index (χ4v) is 3.66. The van der Waals surface area contributed by atoms with Crippen LogP contribution in [-0.2, 0) is 4.43 Å². The van der Waals surface area contributed by atoms with Gasteiger partial charge in [-0.3, -0.25) is 0 Å². The first-order chi connectivity index (χ1) is 5.67. The van der Waals surface area contributed by atoms with Crippen LogP contribution in [0.3, 0.4) is 0 Å². The normalized spacial score (nSPS) is 18.6. The Morgan fingerprint density at radius 2 is 1.92 bits per heavy atom. The molecule has 0 aromatic heterocycles. The summed E-state index contributed by atoms with van der Waals surface area (Å²) < 4.78 is 5.81. The third-order valence-corrected chi connectivity index (χ3v) is 5.30. The molecule has 1 nitrogen and oxygen atoms in total. The fourth-order valence-electron chi connectivity index (χ4n) is 1.52. The predicted molar refractivity (Wildman–Crippen MR) is 55.8 cm³/mol. The van der Waals surface area contributed by atoms with Crippen molar-refractivity contribution in [1.29, 1.82) is 0 Å². The molecule has 0 unspecified atom stereocenters. The topological polar surface area (TPSA) is 9.23 Å². The van der Waals surface area contributed by atoms with Crippen molar-refractivity contribution in [2.24, 2.45) is 0 Å². The Morgan fingerprint density at radius 1 is 1.33 bits per heavy atom. The van der Waals surface area contributed by atoms with Crippen LogP contribution in [0.25, 0.3) is 0 Å². The molecule has 0 amide bonds. The largest absolute Gasteiger partial charge is 0.417 e. The van der Waals surface area contributed by atoms with E-state index in [2.05, 4.69) is 44.3 Å². The first-order valence-electron chi connectivity index (χ1n) is 4.64. The summed E-state index contributed by atoms with van der Waals surface area (Å²) in [7, 11) is -1.48. The Kier molecular flexibility index (Phi) is 3.29. The quantitative estimate of drug-likeness (QED) is 0.481. The van der Waals surface area contributed by atoms with E-state index in [-0.39, 0.29) is 0 Å². The molecule has 0 aliphatic heterocycles. The molecule has 0 atom stereocenters. The van der Waals surface area contributed by atoms with Gasteiger partial charge in [0.25, 0.3) is 0 Å². The van der Waals surface area contributed by atoms with Crippen molar-refractivity contribution in [2.45, 2.75) is 32.0 Å². The molecular formula is C10H18OSi. The standard InChI is InChI=1S/C10H18OSi/c1-4-11-12(2,3)10-8-6-5-7-9-10/h6-10H,4-5H2,1-3H3. The number of hydrogen-bond donors (Lipinski definition) is 0. The summed E-state index contributed by atoms with van der Waals surface area (Å²) >= 11 is 0. The lowest BCUT2D eigenvalue weighted by Gasteiger charge is -2.28. The van der Waals surface area contributed by atoms with E-state index >= 15 is 0 Å². The third-order valence-electron chi connectivity index (χ3n) is 2.28. The van der Waals surface area contributed by atoms with Gasteiger partial charge < -0.3 is 4.43 Å². The zero-order valence-corrected chi connectivity index (χ0v) is 9.21. The molecule has 0 aromatic carbocycles. The van der Waals surface area contributed by atoms with Gasteiger partial charge in [0.2, 0.25) is 0 Å². The molecule has 1 aliphatic rings. The Labute approximate surface area is 76.3 Å². The molecule has 0 fully saturated rings. The van der Waals surface area contributed by atoms with Crippen LogP contribution < -0.4 is 0 Å². The fraction of sp³-hybridized carbons (Fsp3) is 0.600. The van der Waals surface area contributed by atoms with Gasteiger partial charge in [0.1, 0.15) is 0 Å². The monoisotopic (exact) mass is 182 g/mol. The summed E-state index contributed by atoms with van der Waals surface area (Å²) in [6.45, 7) is 7.48. The van der Waals surface area contributed by atoms with Crippen molar-refractivity contribution >= 4 is 8.32 Å². The van der Waals surface area contributed by atoms with Crippen LogP contribution in [-0.4, -0.2) is 14.9 Å². The Morgan fingerprint density at radius 3 is 2.42 bits per heavy atom. The van der Waals surface area contributed by atoms with E-state index in [1.807, 2.05) is 0 Å². The molecule has 2 heteroatoms. The lowest BCUT2D eigenvalue weighted by molar-refractivity contribution is 0.327. The first kappa shape index (κ1) is 9.74. The SMILES string of the molecule is CCO[Si](C)(C)C1C=CCC=C1. The van der Waals surface area contributed by atoms with Crippen LogP contribution >= 0.6 is 0 Å². The summed E-state index contributed by atoms with van der Waals surface area (Å²) in [6, 6.07) is 0. The molecule has 0 aromatic rings. The van der Waals surface area contributed by atoms with Gasteiger partial charge in [0.15, 0.2) is 8.32 Å². The summed E-state index contributed by atoms with van der Waals surface area (Å²) in [5.41, 5.74) is 0.575. The molecule has 0 spiro atoms. The number of allylic oxidation sites excluding steroid dienone is 4. The summed E-state index contributed by atoms with van der Waals surface area (Å²) in [6.07, 6.45) is 10.1. The van der Waals surface area contributed by atoms with Gasteiger partial charge in [-0.25, -0.2) is 0 Å². The van der Waals surface area contributed by atoms with Crippen LogP contribution in [0, 0.1) is 0 Å². The van der Waals surface area contributed by atoms with E-state index in [4.69, 9.17) is 4.43 Å². The molecule has 68 valence electrons. The highest BCUT2D eigenvalue weighted by Gasteiger charge is 2.29. The number of hydrogen-bond acceptors (Lipinski definition) is 1. The maximum absolute atomic E-state index is 5.81.